The van der Waals surface area contributed by atoms with Crippen molar-refractivity contribution in [2.24, 2.45) is 7.05 Å². The van der Waals surface area contributed by atoms with Crippen molar-refractivity contribution < 1.29 is 23.1 Å². The van der Waals surface area contributed by atoms with Crippen molar-refractivity contribution in [3.05, 3.63) is 47.8 Å². The van der Waals surface area contributed by atoms with Crippen LogP contribution in [0.5, 0.6) is 5.75 Å². The number of hydrogen-bond donors (Lipinski definition) is 1. The van der Waals surface area contributed by atoms with Crippen LogP contribution in [0.15, 0.2) is 41.4 Å². The van der Waals surface area contributed by atoms with Gasteiger partial charge in [-0.2, -0.15) is 4.31 Å². The summed E-state index contributed by atoms with van der Waals surface area (Å²) in [5.41, 5.74) is 0.545. The van der Waals surface area contributed by atoms with Crippen LogP contribution in [-0.4, -0.2) is 83.3 Å². The summed E-state index contributed by atoms with van der Waals surface area (Å²) in [6.07, 6.45) is 4.22. The highest BCUT2D eigenvalue weighted by Crippen LogP contribution is 2.24. The molecule has 2 aromatic rings. The Balaban J connectivity index is 1.44. The van der Waals surface area contributed by atoms with Gasteiger partial charge in [0.1, 0.15) is 16.3 Å². The number of para-hydroxylation sites is 1. The highest BCUT2D eigenvalue weighted by atomic mass is 32.2. The van der Waals surface area contributed by atoms with Crippen LogP contribution in [0.3, 0.4) is 0 Å². The number of piperazine rings is 1. The average Bonchev–Trinajstić information content (AvgIpc) is 3.21. The van der Waals surface area contributed by atoms with E-state index in [1.165, 1.54) is 22.6 Å². The number of benzene rings is 1. The fourth-order valence-electron chi connectivity index (χ4n) is 4.24. The number of sulfonamides is 1. The van der Waals surface area contributed by atoms with E-state index in [1.807, 2.05) is 0 Å². The molecule has 1 N–H and O–H groups in total. The largest absolute Gasteiger partial charge is 0.507 e. The molecule has 0 atom stereocenters. The summed E-state index contributed by atoms with van der Waals surface area (Å²) >= 11 is 0. The second-order valence-electron chi connectivity index (χ2n) is 8.24. The number of aryl methyl sites for hydroxylation is 1. The third kappa shape index (κ3) is 4.24. The van der Waals surface area contributed by atoms with Gasteiger partial charge in [-0.1, -0.05) is 18.6 Å². The first kappa shape index (κ1) is 22.3. The van der Waals surface area contributed by atoms with Gasteiger partial charge in [-0.05, 0) is 31.0 Å². The number of nitrogens with zero attached hydrogens (tertiary/aromatic N) is 4. The van der Waals surface area contributed by atoms with Gasteiger partial charge >= 0.3 is 0 Å². The molecule has 2 fully saturated rings. The van der Waals surface area contributed by atoms with Crippen molar-refractivity contribution in [2.75, 3.05) is 39.3 Å². The van der Waals surface area contributed by atoms with Gasteiger partial charge in [-0.3, -0.25) is 9.59 Å². The molecule has 10 heteroatoms. The van der Waals surface area contributed by atoms with Gasteiger partial charge in [0, 0.05) is 52.5 Å². The summed E-state index contributed by atoms with van der Waals surface area (Å²) in [4.78, 5) is 29.1. The molecule has 0 radical (unpaired) electrons. The van der Waals surface area contributed by atoms with E-state index in [4.69, 9.17) is 0 Å². The Morgan fingerprint density at radius 1 is 0.875 bits per heavy atom. The van der Waals surface area contributed by atoms with Gasteiger partial charge in [-0.15, -0.1) is 0 Å². The zero-order chi connectivity index (χ0) is 22.9. The Kier molecular flexibility index (Phi) is 6.25. The number of carbonyl (C=O) groups is 2. The Morgan fingerprint density at radius 3 is 2.09 bits per heavy atom. The van der Waals surface area contributed by atoms with E-state index in [2.05, 4.69) is 0 Å². The molecular weight excluding hydrogens is 432 g/mol. The zero-order valence-corrected chi connectivity index (χ0v) is 18.9. The van der Waals surface area contributed by atoms with Crippen molar-refractivity contribution in [1.29, 1.82) is 0 Å². The Bertz CT molecular complexity index is 1110. The predicted octanol–water partition coefficient (Wildman–Crippen LogP) is 1.50. The van der Waals surface area contributed by atoms with E-state index in [1.54, 1.807) is 39.6 Å². The lowest BCUT2D eigenvalue weighted by Gasteiger charge is -2.34. The lowest BCUT2D eigenvalue weighted by atomic mass is 10.1. The topological polar surface area (TPSA) is 103 Å². The van der Waals surface area contributed by atoms with E-state index in [-0.39, 0.29) is 28.0 Å². The highest BCUT2D eigenvalue weighted by molar-refractivity contribution is 7.89. The van der Waals surface area contributed by atoms with Crippen LogP contribution in [0.4, 0.5) is 0 Å². The molecule has 172 valence electrons. The molecule has 2 saturated heterocycles. The minimum atomic E-state index is -3.62. The molecular formula is C22H28N4O5S. The molecule has 4 rings (SSSR count). The molecule has 2 amide bonds. The highest BCUT2D eigenvalue weighted by Gasteiger charge is 2.31. The SMILES string of the molecule is Cn1cc(S(=O)(=O)N2CCCCC2)cc1C(=O)N1CCN(C(=O)c2ccccc2O)CC1. The Labute approximate surface area is 187 Å². The molecule has 2 aliphatic rings. The number of aromatic nitrogens is 1. The van der Waals surface area contributed by atoms with Gasteiger partial charge in [0.05, 0.1) is 5.56 Å². The molecule has 2 aliphatic heterocycles. The molecule has 0 bridgehead atoms. The van der Waals surface area contributed by atoms with Crippen molar-refractivity contribution in [3.63, 3.8) is 0 Å². The number of phenolic OH excluding ortho intramolecular Hbond substituents is 1. The number of amides is 2. The van der Waals surface area contributed by atoms with Gasteiger partial charge in [0.25, 0.3) is 11.8 Å². The molecule has 32 heavy (non-hydrogen) atoms. The molecule has 3 heterocycles. The molecule has 1 aromatic carbocycles. The van der Waals surface area contributed by atoms with E-state index in [9.17, 15) is 23.1 Å². The van der Waals surface area contributed by atoms with Gasteiger partial charge in [0.15, 0.2) is 0 Å². The maximum Gasteiger partial charge on any atom is 0.270 e. The molecule has 0 spiro atoms. The number of hydrogen-bond acceptors (Lipinski definition) is 5. The van der Waals surface area contributed by atoms with Gasteiger partial charge < -0.3 is 19.5 Å². The number of piperidine rings is 1. The third-order valence-electron chi connectivity index (χ3n) is 6.14. The lowest BCUT2D eigenvalue weighted by molar-refractivity contribution is 0.0528. The third-order valence-corrected chi connectivity index (χ3v) is 8.00. The second-order valence-corrected chi connectivity index (χ2v) is 10.2. The first-order valence-electron chi connectivity index (χ1n) is 10.8. The standard InChI is InChI=1S/C22H28N4O5S/c1-23-16-17(32(30,31)26-9-5-2-6-10-26)15-19(23)22(29)25-13-11-24(12-14-25)21(28)18-7-3-4-8-20(18)27/h3-4,7-8,15-16,27H,2,5-6,9-14H2,1H3. The van der Waals surface area contributed by atoms with Gasteiger partial charge in [-0.25, -0.2) is 8.42 Å². The van der Waals surface area contributed by atoms with Gasteiger partial charge in [0.2, 0.25) is 10.0 Å². The molecule has 9 nitrogen and oxygen atoms in total. The summed E-state index contributed by atoms with van der Waals surface area (Å²) in [5.74, 6) is -0.603. The van der Waals surface area contributed by atoms with E-state index < -0.39 is 10.0 Å². The molecule has 0 aliphatic carbocycles. The van der Waals surface area contributed by atoms with Crippen LogP contribution in [0.25, 0.3) is 0 Å². The van der Waals surface area contributed by atoms with E-state index in [0.717, 1.165) is 19.3 Å². The predicted molar refractivity (Wildman–Crippen MR) is 118 cm³/mol. The van der Waals surface area contributed by atoms with Crippen molar-refractivity contribution in [2.45, 2.75) is 24.2 Å². The van der Waals surface area contributed by atoms with Crippen molar-refractivity contribution in [3.8, 4) is 5.75 Å². The minimum absolute atomic E-state index is 0.0674. The number of aromatic hydroxyl groups is 1. The summed E-state index contributed by atoms with van der Waals surface area (Å²) in [5, 5.41) is 9.93. The van der Waals surface area contributed by atoms with E-state index in [0.29, 0.717) is 45.0 Å². The maximum atomic E-state index is 13.1. The summed E-state index contributed by atoms with van der Waals surface area (Å²) < 4.78 is 29.0. The molecule has 0 unspecified atom stereocenters. The first-order valence-corrected chi connectivity index (χ1v) is 12.3. The summed E-state index contributed by atoms with van der Waals surface area (Å²) in [6, 6.07) is 7.84. The average molecular weight is 461 g/mol. The fourth-order valence-corrected chi connectivity index (χ4v) is 5.83. The van der Waals surface area contributed by atoms with Crippen LogP contribution >= 0.6 is 0 Å². The molecule has 0 saturated carbocycles. The zero-order valence-electron chi connectivity index (χ0n) is 18.1. The van der Waals surface area contributed by atoms with Crippen LogP contribution in [0, 0.1) is 0 Å². The number of rotatable bonds is 4. The van der Waals surface area contributed by atoms with Crippen LogP contribution < -0.4 is 0 Å². The fraction of sp³-hybridized carbons (Fsp3) is 0.455. The second kappa shape index (κ2) is 8.95. The molecule has 1 aromatic heterocycles. The number of carbonyl (C=O) groups excluding carboxylic acids is 2. The Morgan fingerprint density at radius 2 is 1.47 bits per heavy atom. The maximum absolute atomic E-state index is 13.1. The smallest absolute Gasteiger partial charge is 0.270 e. The summed E-state index contributed by atoms with van der Waals surface area (Å²) in [6.45, 7) is 2.35. The number of phenols is 1. The lowest BCUT2D eigenvalue weighted by Crippen LogP contribution is -2.50. The van der Waals surface area contributed by atoms with Crippen molar-refractivity contribution in [1.82, 2.24) is 18.7 Å². The van der Waals surface area contributed by atoms with Crippen molar-refractivity contribution >= 4 is 21.8 Å². The van der Waals surface area contributed by atoms with E-state index >= 15 is 0 Å². The summed E-state index contributed by atoms with van der Waals surface area (Å²) in [7, 11) is -1.95. The monoisotopic (exact) mass is 460 g/mol. The first-order chi connectivity index (χ1) is 15.3. The quantitative estimate of drug-likeness (QED) is 0.745. The Hall–Kier alpha value is -2.85. The van der Waals surface area contributed by atoms with Crippen LogP contribution in [0.2, 0.25) is 0 Å². The van der Waals surface area contributed by atoms with Crippen LogP contribution in [0.1, 0.15) is 40.1 Å². The normalized spacial score (nSPS) is 18.0. The van der Waals surface area contributed by atoms with Crippen LogP contribution in [-0.2, 0) is 17.1 Å². The minimum Gasteiger partial charge on any atom is -0.507 e.